The fourth-order valence-corrected chi connectivity index (χ4v) is 2.80. The number of nitrogens with two attached hydrogens (primary N) is 1. The summed E-state index contributed by atoms with van der Waals surface area (Å²) in [6, 6.07) is -0.393. The zero-order valence-corrected chi connectivity index (χ0v) is 9.82. The molecular weight excluding hydrogens is 196 g/mol. The molecule has 0 bridgehead atoms. The second kappa shape index (κ2) is 5.03. The van der Waals surface area contributed by atoms with E-state index in [9.17, 15) is 4.79 Å². The number of amides is 1. The van der Waals surface area contributed by atoms with Crippen molar-refractivity contribution in [2.45, 2.75) is 43.4 Å². The summed E-state index contributed by atoms with van der Waals surface area (Å²) in [6.45, 7) is 2.49. The Morgan fingerprint density at radius 2 is 2.14 bits per heavy atom. The molecule has 0 unspecified atom stereocenters. The normalized spacial score (nSPS) is 21.9. The van der Waals surface area contributed by atoms with Gasteiger partial charge in [-0.15, -0.1) is 0 Å². The molecular formula is C10H20N2OS. The second-order valence-corrected chi connectivity index (χ2v) is 5.37. The highest BCUT2D eigenvalue weighted by Crippen LogP contribution is 2.39. The first-order valence-corrected chi connectivity index (χ1v) is 6.40. The van der Waals surface area contributed by atoms with Gasteiger partial charge < -0.3 is 11.1 Å². The molecule has 0 saturated heterocycles. The fraction of sp³-hybridized carbons (Fsp3) is 0.900. The summed E-state index contributed by atoms with van der Waals surface area (Å²) in [6.07, 6.45) is 7.13. The lowest BCUT2D eigenvalue weighted by Crippen LogP contribution is -2.44. The number of nitrogens with one attached hydrogen (secondary N) is 1. The zero-order chi connectivity index (χ0) is 10.6. The Balaban J connectivity index is 2.38. The minimum absolute atomic E-state index is 0.0367. The van der Waals surface area contributed by atoms with Crippen molar-refractivity contribution < 1.29 is 4.79 Å². The zero-order valence-electron chi connectivity index (χ0n) is 9.01. The summed E-state index contributed by atoms with van der Waals surface area (Å²) in [5.41, 5.74) is 5.49. The molecule has 0 aromatic carbocycles. The number of hydrogen-bond acceptors (Lipinski definition) is 3. The van der Waals surface area contributed by atoms with Crippen LogP contribution >= 0.6 is 11.8 Å². The van der Waals surface area contributed by atoms with E-state index in [2.05, 4.69) is 11.6 Å². The van der Waals surface area contributed by atoms with Gasteiger partial charge in [0.25, 0.3) is 0 Å². The number of carbonyl (C=O) groups excluding carboxylic acids is 1. The third kappa shape index (κ3) is 2.89. The van der Waals surface area contributed by atoms with Gasteiger partial charge >= 0.3 is 0 Å². The maximum atomic E-state index is 11.3. The van der Waals surface area contributed by atoms with Crippen LogP contribution < -0.4 is 11.1 Å². The Morgan fingerprint density at radius 1 is 1.57 bits per heavy atom. The van der Waals surface area contributed by atoms with Crippen LogP contribution in [0.15, 0.2) is 0 Å². The highest BCUT2D eigenvalue weighted by Gasteiger charge is 2.33. The smallest absolute Gasteiger partial charge is 0.236 e. The molecule has 3 nitrogen and oxygen atoms in total. The molecule has 3 N–H and O–H groups in total. The highest BCUT2D eigenvalue weighted by molar-refractivity contribution is 8.00. The van der Waals surface area contributed by atoms with Crippen molar-refractivity contribution in [1.29, 1.82) is 0 Å². The van der Waals surface area contributed by atoms with Crippen LogP contribution in [0.3, 0.4) is 0 Å². The summed E-state index contributed by atoms with van der Waals surface area (Å²) in [5.74, 6) is -0.0367. The van der Waals surface area contributed by atoms with Crippen molar-refractivity contribution in [1.82, 2.24) is 5.32 Å². The van der Waals surface area contributed by atoms with E-state index in [1.807, 2.05) is 11.8 Å². The molecule has 82 valence electrons. The van der Waals surface area contributed by atoms with Gasteiger partial charge in [0.1, 0.15) is 0 Å². The molecule has 1 rings (SSSR count). The van der Waals surface area contributed by atoms with Crippen molar-refractivity contribution in [3.63, 3.8) is 0 Å². The third-order valence-electron chi connectivity index (χ3n) is 2.95. The molecule has 4 heteroatoms. The average molecular weight is 216 g/mol. The molecule has 0 heterocycles. The van der Waals surface area contributed by atoms with E-state index in [1.54, 1.807) is 6.92 Å². The van der Waals surface area contributed by atoms with E-state index in [0.29, 0.717) is 0 Å². The van der Waals surface area contributed by atoms with Crippen molar-refractivity contribution in [2.24, 2.45) is 5.73 Å². The quantitative estimate of drug-likeness (QED) is 0.740. The van der Waals surface area contributed by atoms with E-state index < -0.39 is 6.04 Å². The summed E-state index contributed by atoms with van der Waals surface area (Å²) < 4.78 is 0.282. The molecule has 0 aromatic rings. The van der Waals surface area contributed by atoms with Gasteiger partial charge in [-0.05, 0) is 26.0 Å². The topological polar surface area (TPSA) is 55.1 Å². The van der Waals surface area contributed by atoms with Crippen LogP contribution in [-0.2, 0) is 4.79 Å². The maximum Gasteiger partial charge on any atom is 0.236 e. The van der Waals surface area contributed by atoms with Crippen molar-refractivity contribution in [3.8, 4) is 0 Å². The molecule has 1 amide bonds. The summed E-state index contributed by atoms with van der Waals surface area (Å²) in [5, 5.41) is 2.93. The number of rotatable bonds is 4. The fourth-order valence-electron chi connectivity index (χ4n) is 1.88. The molecule has 0 aliphatic heterocycles. The van der Waals surface area contributed by atoms with Crippen LogP contribution in [0.5, 0.6) is 0 Å². The average Bonchev–Trinajstić information content (AvgIpc) is 2.63. The maximum absolute atomic E-state index is 11.3. The Labute approximate surface area is 90.2 Å². The lowest BCUT2D eigenvalue weighted by molar-refractivity contribution is -0.122. The van der Waals surface area contributed by atoms with Gasteiger partial charge in [0.05, 0.1) is 6.04 Å². The van der Waals surface area contributed by atoms with E-state index in [1.165, 1.54) is 25.7 Å². The third-order valence-corrected chi connectivity index (χ3v) is 4.36. The minimum atomic E-state index is -0.393. The minimum Gasteiger partial charge on any atom is -0.353 e. The summed E-state index contributed by atoms with van der Waals surface area (Å²) >= 11 is 1.88. The predicted molar refractivity (Wildman–Crippen MR) is 61.4 cm³/mol. The van der Waals surface area contributed by atoms with Gasteiger partial charge in [0.2, 0.25) is 5.91 Å². The van der Waals surface area contributed by atoms with Gasteiger partial charge in [-0.1, -0.05) is 12.8 Å². The lowest BCUT2D eigenvalue weighted by Gasteiger charge is -2.27. The molecule has 14 heavy (non-hydrogen) atoms. The van der Waals surface area contributed by atoms with E-state index in [-0.39, 0.29) is 10.7 Å². The number of hydrogen-bond donors (Lipinski definition) is 2. The van der Waals surface area contributed by atoms with Crippen molar-refractivity contribution in [3.05, 3.63) is 0 Å². The first-order chi connectivity index (χ1) is 6.59. The number of carbonyl (C=O) groups is 1. The SMILES string of the molecule is CSC1(CNC(=O)[C@@H](C)N)CCCC1. The monoisotopic (exact) mass is 216 g/mol. The molecule has 1 fully saturated rings. The Morgan fingerprint density at radius 3 is 2.57 bits per heavy atom. The van der Waals surface area contributed by atoms with Gasteiger partial charge in [-0.3, -0.25) is 4.79 Å². The van der Waals surface area contributed by atoms with Crippen LogP contribution in [0, 0.1) is 0 Å². The van der Waals surface area contributed by atoms with E-state index >= 15 is 0 Å². The Hall–Kier alpha value is -0.220. The van der Waals surface area contributed by atoms with E-state index in [4.69, 9.17) is 5.73 Å². The molecule has 0 radical (unpaired) electrons. The number of thioether (sulfide) groups is 1. The van der Waals surface area contributed by atoms with Crippen LogP contribution in [0.1, 0.15) is 32.6 Å². The second-order valence-electron chi connectivity index (χ2n) is 4.10. The summed E-state index contributed by atoms with van der Waals surface area (Å²) in [4.78, 5) is 11.3. The standard InChI is InChI=1S/C10H20N2OS/c1-8(11)9(13)12-7-10(14-2)5-3-4-6-10/h8H,3-7,11H2,1-2H3,(H,12,13)/t8-/m1/s1. The molecule has 0 aromatic heterocycles. The Kier molecular flexibility index (Phi) is 4.26. The first-order valence-electron chi connectivity index (χ1n) is 5.18. The summed E-state index contributed by atoms with van der Waals surface area (Å²) in [7, 11) is 0. The molecule has 1 aliphatic rings. The lowest BCUT2D eigenvalue weighted by atomic mass is 10.1. The molecule has 1 aliphatic carbocycles. The van der Waals surface area contributed by atoms with E-state index in [0.717, 1.165) is 6.54 Å². The van der Waals surface area contributed by atoms with Gasteiger partial charge in [-0.25, -0.2) is 0 Å². The van der Waals surface area contributed by atoms with Crippen LogP contribution in [0.2, 0.25) is 0 Å². The van der Waals surface area contributed by atoms with Gasteiger partial charge in [0, 0.05) is 11.3 Å². The van der Waals surface area contributed by atoms with Crippen molar-refractivity contribution >= 4 is 17.7 Å². The van der Waals surface area contributed by atoms with Crippen LogP contribution in [0.25, 0.3) is 0 Å². The van der Waals surface area contributed by atoms with Gasteiger partial charge in [-0.2, -0.15) is 11.8 Å². The van der Waals surface area contributed by atoms with Crippen LogP contribution in [-0.4, -0.2) is 29.5 Å². The van der Waals surface area contributed by atoms with Gasteiger partial charge in [0.15, 0.2) is 0 Å². The van der Waals surface area contributed by atoms with Crippen molar-refractivity contribution in [2.75, 3.05) is 12.8 Å². The molecule has 1 saturated carbocycles. The van der Waals surface area contributed by atoms with Crippen LogP contribution in [0.4, 0.5) is 0 Å². The predicted octanol–water partition coefficient (Wildman–Crippen LogP) is 1.13. The molecule has 1 atom stereocenters. The highest BCUT2D eigenvalue weighted by atomic mass is 32.2. The first kappa shape index (κ1) is 11.9. The molecule has 0 spiro atoms. The Bertz CT molecular complexity index is 200. The largest absolute Gasteiger partial charge is 0.353 e.